The first-order valence-corrected chi connectivity index (χ1v) is 8.61. The van der Waals surface area contributed by atoms with Crippen LogP contribution in [-0.4, -0.2) is 29.6 Å². The lowest BCUT2D eigenvalue weighted by Gasteiger charge is -2.42. The molecule has 0 amide bonds. The van der Waals surface area contributed by atoms with Gasteiger partial charge >= 0.3 is 0 Å². The Labute approximate surface area is 138 Å². The molecule has 4 heteroatoms. The average molecular weight is 329 g/mol. The van der Waals surface area contributed by atoms with Gasteiger partial charge in [-0.05, 0) is 63.9 Å². The maximum atomic E-state index is 6.54. The molecular formula is C17H26Cl2N2. The molecule has 0 radical (unpaired) electrons. The molecule has 0 bridgehead atoms. The summed E-state index contributed by atoms with van der Waals surface area (Å²) in [5, 5.41) is 1.38. The number of hydrogen-bond acceptors (Lipinski definition) is 2. The molecule has 1 heterocycles. The van der Waals surface area contributed by atoms with E-state index in [0.29, 0.717) is 10.0 Å². The van der Waals surface area contributed by atoms with Gasteiger partial charge in [-0.1, -0.05) is 42.1 Å². The molecule has 2 nitrogen and oxygen atoms in total. The largest absolute Gasteiger partial charge is 0.326 e. The molecule has 0 saturated carbocycles. The van der Waals surface area contributed by atoms with E-state index in [2.05, 4.69) is 18.7 Å². The van der Waals surface area contributed by atoms with Crippen molar-refractivity contribution in [3.63, 3.8) is 0 Å². The molecule has 1 fully saturated rings. The molecule has 0 aromatic heterocycles. The van der Waals surface area contributed by atoms with Gasteiger partial charge in [0.15, 0.2) is 0 Å². The highest BCUT2D eigenvalue weighted by atomic mass is 35.5. The van der Waals surface area contributed by atoms with E-state index in [0.717, 1.165) is 25.1 Å². The molecule has 2 rings (SSSR count). The number of rotatable bonds is 4. The van der Waals surface area contributed by atoms with Gasteiger partial charge in [0.2, 0.25) is 0 Å². The standard InChI is InChI=1S/C17H26Cl2N2/c1-17(2,21-9-5-3-4-6-10-21)16(20)11-13-7-8-14(18)12-15(13)19/h7-8,12,16H,3-6,9-11,20H2,1-2H3. The Morgan fingerprint density at radius 3 is 2.33 bits per heavy atom. The first-order chi connectivity index (χ1) is 9.91. The zero-order chi connectivity index (χ0) is 15.5. The minimum Gasteiger partial charge on any atom is -0.326 e. The lowest BCUT2D eigenvalue weighted by atomic mass is 9.88. The van der Waals surface area contributed by atoms with E-state index in [1.807, 2.05) is 12.1 Å². The van der Waals surface area contributed by atoms with Crippen molar-refractivity contribution in [1.82, 2.24) is 4.90 Å². The lowest BCUT2D eigenvalue weighted by Crippen LogP contribution is -2.57. The van der Waals surface area contributed by atoms with Crippen molar-refractivity contribution in [3.8, 4) is 0 Å². The third-order valence-corrected chi connectivity index (χ3v) is 5.37. The Morgan fingerprint density at radius 1 is 1.14 bits per heavy atom. The van der Waals surface area contributed by atoms with Crippen LogP contribution in [0, 0.1) is 0 Å². The van der Waals surface area contributed by atoms with Crippen LogP contribution in [0.2, 0.25) is 10.0 Å². The van der Waals surface area contributed by atoms with E-state index >= 15 is 0 Å². The van der Waals surface area contributed by atoms with Crippen LogP contribution in [0.15, 0.2) is 18.2 Å². The van der Waals surface area contributed by atoms with Crippen molar-refractivity contribution in [2.24, 2.45) is 5.73 Å². The van der Waals surface area contributed by atoms with Crippen LogP contribution in [0.25, 0.3) is 0 Å². The molecule has 1 aliphatic rings. The van der Waals surface area contributed by atoms with Crippen LogP contribution in [-0.2, 0) is 6.42 Å². The maximum Gasteiger partial charge on any atom is 0.0453 e. The second kappa shape index (κ2) is 7.32. The molecule has 1 aromatic carbocycles. The van der Waals surface area contributed by atoms with E-state index in [4.69, 9.17) is 28.9 Å². The molecule has 2 N–H and O–H groups in total. The van der Waals surface area contributed by atoms with Gasteiger partial charge in [0, 0.05) is 21.6 Å². The summed E-state index contributed by atoms with van der Waals surface area (Å²) < 4.78 is 0. The molecule has 1 aliphatic heterocycles. The highest BCUT2D eigenvalue weighted by molar-refractivity contribution is 6.35. The van der Waals surface area contributed by atoms with Crippen LogP contribution < -0.4 is 5.73 Å². The van der Waals surface area contributed by atoms with Crippen LogP contribution in [0.5, 0.6) is 0 Å². The number of likely N-dealkylation sites (tertiary alicyclic amines) is 1. The van der Waals surface area contributed by atoms with E-state index in [9.17, 15) is 0 Å². The van der Waals surface area contributed by atoms with Gasteiger partial charge < -0.3 is 5.73 Å². The van der Waals surface area contributed by atoms with Crippen molar-refractivity contribution in [2.45, 2.75) is 57.5 Å². The minimum atomic E-state index is -0.0205. The Bertz CT molecular complexity index is 466. The maximum absolute atomic E-state index is 6.54. The predicted molar refractivity (Wildman–Crippen MR) is 92.3 cm³/mol. The predicted octanol–water partition coefficient (Wildman–Crippen LogP) is 4.52. The molecule has 1 unspecified atom stereocenters. The van der Waals surface area contributed by atoms with Crippen molar-refractivity contribution in [2.75, 3.05) is 13.1 Å². The lowest BCUT2D eigenvalue weighted by molar-refractivity contribution is 0.0979. The van der Waals surface area contributed by atoms with Gasteiger partial charge in [0.05, 0.1) is 0 Å². The SMILES string of the molecule is CC(C)(C(N)Cc1ccc(Cl)cc1Cl)N1CCCCCC1. The molecule has 0 spiro atoms. The Morgan fingerprint density at radius 2 is 1.76 bits per heavy atom. The number of nitrogens with zero attached hydrogens (tertiary/aromatic N) is 1. The van der Waals surface area contributed by atoms with E-state index < -0.39 is 0 Å². The molecular weight excluding hydrogens is 303 g/mol. The Hall–Kier alpha value is -0.280. The molecule has 118 valence electrons. The normalized spacial score (nSPS) is 19.3. The summed E-state index contributed by atoms with van der Waals surface area (Å²) in [6.07, 6.45) is 6.00. The molecule has 1 saturated heterocycles. The Balaban J connectivity index is 2.07. The van der Waals surface area contributed by atoms with E-state index in [-0.39, 0.29) is 11.6 Å². The van der Waals surface area contributed by atoms with Crippen LogP contribution in [0.3, 0.4) is 0 Å². The monoisotopic (exact) mass is 328 g/mol. The van der Waals surface area contributed by atoms with E-state index in [1.54, 1.807) is 6.07 Å². The highest BCUT2D eigenvalue weighted by Gasteiger charge is 2.33. The smallest absolute Gasteiger partial charge is 0.0453 e. The highest BCUT2D eigenvalue weighted by Crippen LogP contribution is 2.27. The van der Waals surface area contributed by atoms with Crippen molar-refractivity contribution in [3.05, 3.63) is 33.8 Å². The zero-order valence-corrected chi connectivity index (χ0v) is 14.6. The van der Waals surface area contributed by atoms with Crippen molar-refractivity contribution >= 4 is 23.2 Å². The second-order valence-electron chi connectivity index (χ2n) is 6.60. The van der Waals surface area contributed by atoms with E-state index in [1.165, 1.54) is 25.7 Å². The van der Waals surface area contributed by atoms with Crippen LogP contribution >= 0.6 is 23.2 Å². The van der Waals surface area contributed by atoms with Gasteiger partial charge in [-0.2, -0.15) is 0 Å². The van der Waals surface area contributed by atoms with Crippen molar-refractivity contribution in [1.29, 1.82) is 0 Å². The fourth-order valence-corrected chi connectivity index (χ4v) is 3.54. The first kappa shape index (κ1) is 17.1. The summed E-state index contributed by atoms with van der Waals surface area (Å²) in [4.78, 5) is 2.55. The third kappa shape index (κ3) is 4.35. The summed E-state index contributed by atoms with van der Waals surface area (Å²) in [6, 6.07) is 5.72. The number of benzene rings is 1. The molecule has 1 aromatic rings. The van der Waals surface area contributed by atoms with Gasteiger partial charge in [0.25, 0.3) is 0 Å². The molecule has 0 aliphatic carbocycles. The summed E-state index contributed by atoms with van der Waals surface area (Å²) in [5.41, 5.74) is 7.60. The first-order valence-electron chi connectivity index (χ1n) is 7.86. The topological polar surface area (TPSA) is 29.3 Å². The fourth-order valence-electron chi connectivity index (χ4n) is 3.06. The van der Waals surface area contributed by atoms with Crippen LogP contribution in [0.4, 0.5) is 0 Å². The average Bonchev–Trinajstić information content (AvgIpc) is 2.71. The summed E-state index contributed by atoms with van der Waals surface area (Å²) >= 11 is 12.2. The summed E-state index contributed by atoms with van der Waals surface area (Å²) in [7, 11) is 0. The Kier molecular flexibility index (Phi) is 5.96. The molecule has 21 heavy (non-hydrogen) atoms. The van der Waals surface area contributed by atoms with Crippen molar-refractivity contribution < 1.29 is 0 Å². The number of nitrogens with two attached hydrogens (primary N) is 1. The van der Waals surface area contributed by atoms with Gasteiger partial charge in [0.1, 0.15) is 0 Å². The third-order valence-electron chi connectivity index (χ3n) is 4.78. The summed E-state index contributed by atoms with van der Waals surface area (Å²) in [6.45, 7) is 6.81. The second-order valence-corrected chi connectivity index (χ2v) is 7.44. The molecule has 1 atom stereocenters. The van der Waals surface area contributed by atoms with Gasteiger partial charge in [-0.25, -0.2) is 0 Å². The van der Waals surface area contributed by atoms with Gasteiger partial charge in [-0.15, -0.1) is 0 Å². The number of halogens is 2. The zero-order valence-electron chi connectivity index (χ0n) is 13.0. The fraction of sp³-hybridized carbons (Fsp3) is 0.647. The number of hydrogen-bond donors (Lipinski definition) is 1. The van der Waals surface area contributed by atoms with Crippen LogP contribution in [0.1, 0.15) is 45.1 Å². The van der Waals surface area contributed by atoms with Gasteiger partial charge in [-0.3, -0.25) is 4.90 Å². The quantitative estimate of drug-likeness (QED) is 0.880. The minimum absolute atomic E-state index is 0.0205. The summed E-state index contributed by atoms with van der Waals surface area (Å²) in [5.74, 6) is 0.